The van der Waals surface area contributed by atoms with Gasteiger partial charge in [-0.15, -0.1) is 0 Å². The standard InChI is InChI=1S/C14H17N3O3S/c1-9-10(2)20-14(17-9)8-16-21(18,19)12-3-4-13-11(7-12)5-6-15-13/h3-4,7,15-16H,5-6,8H2,1-2H3. The monoisotopic (exact) mass is 307 g/mol. The molecule has 1 aromatic carbocycles. The maximum Gasteiger partial charge on any atom is 0.241 e. The van der Waals surface area contributed by atoms with Gasteiger partial charge >= 0.3 is 0 Å². The van der Waals surface area contributed by atoms with Crippen LogP contribution in [0.15, 0.2) is 27.5 Å². The third-order valence-corrected chi connectivity index (χ3v) is 4.98. The van der Waals surface area contributed by atoms with Gasteiger partial charge in [0.25, 0.3) is 0 Å². The first-order chi connectivity index (χ1) is 9.95. The molecule has 1 aliphatic heterocycles. The number of anilines is 1. The molecule has 2 heterocycles. The van der Waals surface area contributed by atoms with Crippen LogP contribution >= 0.6 is 0 Å². The Labute approximate surface area is 123 Å². The van der Waals surface area contributed by atoms with Gasteiger partial charge in [0.05, 0.1) is 17.1 Å². The van der Waals surface area contributed by atoms with Crippen LogP contribution in [-0.4, -0.2) is 19.9 Å². The van der Waals surface area contributed by atoms with Crippen LogP contribution in [0.25, 0.3) is 0 Å². The van der Waals surface area contributed by atoms with E-state index in [0.29, 0.717) is 11.7 Å². The first-order valence-electron chi connectivity index (χ1n) is 6.75. The number of benzene rings is 1. The Balaban J connectivity index is 1.77. The first kappa shape index (κ1) is 14.1. The molecule has 0 aliphatic carbocycles. The van der Waals surface area contributed by atoms with Crippen LogP contribution in [-0.2, 0) is 23.0 Å². The normalized spacial score (nSPS) is 14.0. The highest BCUT2D eigenvalue weighted by Crippen LogP contribution is 2.25. The maximum atomic E-state index is 12.3. The summed E-state index contributed by atoms with van der Waals surface area (Å²) in [6.45, 7) is 4.52. The van der Waals surface area contributed by atoms with Gasteiger partial charge in [0.1, 0.15) is 5.76 Å². The molecule has 112 valence electrons. The number of aryl methyl sites for hydroxylation is 2. The first-order valence-corrected chi connectivity index (χ1v) is 8.23. The molecule has 21 heavy (non-hydrogen) atoms. The minimum atomic E-state index is -3.56. The molecule has 0 saturated carbocycles. The molecular formula is C14H17N3O3S. The quantitative estimate of drug-likeness (QED) is 0.899. The molecule has 0 saturated heterocycles. The summed E-state index contributed by atoms with van der Waals surface area (Å²) in [6.07, 6.45) is 0.844. The van der Waals surface area contributed by atoms with E-state index in [1.54, 1.807) is 25.1 Å². The lowest BCUT2D eigenvalue weighted by molar-refractivity contribution is 0.463. The molecular weight excluding hydrogens is 290 g/mol. The Bertz CT molecular complexity index is 761. The lowest BCUT2D eigenvalue weighted by Gasteiger charge is -2.07. The average molecular weight is 307 g/mol. The number of hydrogen-bond acceptors (Lipinski definition) is 5. The lowest BCUT2D eigenvalue weighted by Crippen LogP contribution is -2.23. The summed E-state index contributed by atoms with van der Waals surface area (Å²) < 4.78 is 32.5. The summed E-state index contributed by atoms with van der Waals surface area (Å²) in [6, 6.07) is 5.12. The summed E-state index contributed by atoms with van der Waals surface area (Å²) in [5.74, 6) is 1.07. The summed E-state index contributed by atoms with van der Waals surface area (Å²) in [5, 5.41) is 3.21. The van der Waals surface area contributed by atoms with Crippen LogP contribution in [0.2, 0.25) is 0 Å². The molecule has 0 atom stereocenters. The van der Waals surface area contributed by atoms with E-state index in [4.69, 9.17) is 4.42 Å². The minimum absolute atomic E-state index is 0.0480. The molecule has 1 aromatic heterocycles. The van der Waals surface area contributed by atoms with Crippen molar-refractivity contribution in [2.45, 2.75) is 31.7 Å². The maximum absolute atomic E-state index is 12.3. The molecule has 0 fully saturated rings. The van der Waals surface area contributed by atoms with Crippen LogP contribution in [0, 0.1) is 13.8 Å². The minimum Gasteiger partial charge on any atom is -0.444 e. The zero-order valence-electron chi connectivity index (χ0n) is 11.9. The molecule has 6 nitrogen and oxygen atoms in total. The van der Waals surface area contributed by atoms with Crippen molar-refractivity contribution in [2.24, 2.45) is 0 Å². The van der Waals surface area contributed by atoms with Gasteiger partial charge in [0, 0.05) is 12.2 Å². The predicted molar refractivity (Wildman–Crippen MR) is 78.6 cm³/mol. The zero-order chi connectivity index (χ0) is 15.0. The van der Waals surface area contributed by atoms with E-state index in [9.17, 15) is 8.42 Å². The van der Waals surface area contributed by atoms with E-state index in [0.717, 1.165) is 29.9 Å². The second-order valence-electron chi connectivity index (χ2n) is 5.07. The van der Waals surface area contributed by atoms with E-state index in [1.165, 1.54) is 0 Å². The van der Waals surface area contributed by atoms with Crippen molar-refractivity contribution in [2.75, 3.05) is 11.9 Å². The molecule has 3 rings (SSSR count). The molecule has 0 radical (unpaired) electrons. The van der Waals surface area contributed by atoms with Crippen molar-refractivity contribution in [3.63, 3.8) is 0 Å². The van der Waals surface area contributed by atoms with E-state index in [1.807, 2.05) is 6.92 Å². The third-order valence-electron chi connectivity index (χ3n) is 3.58. The Morgan fingerprint density at radius 1 is 1.38 bits per heavy atom. The van der Waals surface area contributed by atoms with Crippen molar-refractivity contribution in [3.05, 3.63) is 41.1 Å². The predicted octanol–water partition coefficient (Wildman–Crippen LogP) is 1.74. The zero-order valence-corrected chi connectivity index (χ0v) is 12.8. The largest absolute Gasteiger partial charge is 0.444 e. The molecule has 0 bridgehead atoms. The number of oxazole rings is 1. The highest BCUT2D eigenvalue weighted by molar-refractivity contribution is 7.89. The summed E-state index contributed by atoms with van der Waals surface area (Å²) in [4.78, 5) is 4.43. The van der Waals surface area contributed by atoms with E-state index >= 15 is 0 Å². The number of rotatable bonds is 4. The number of hydrogen-bond donors (Lipinski definition) is 2. The van der Waals surface area contributed by atoms with Crippen molar-refractivity contribution in [1.82, 2.24) is 9.71 Å². The topological polar surface area (TPSA) is 84.2 Å². The van der Waals surface area contributed by atoms with Crippen LogP contribution in [0.3, 0.4) is 0 Å². The molecule has 0 unspecified atom stereocenters. The lowest BCUT2D eigenvalue weighted by atomic mass is 10.2. The fourth-order valence-corrected chi connectivity index (χ4v) is 3.33. The summed E-state index contributed by atoms with van der Waals surface area (Å²) >= 11 is 0. The Kier molecular flexibility index (Phi) is 3.46. The molecule has 2 N–H and O–H groups in total. The highest BCUT2D eigenvalue weighted by Gasteiger charge is 2.19. The van der Waals surface area contributed by atoms with Gasteiger partial charge in [-0.1, -0.05) is 0 Å². The van der Waals surface area contributed by atoms with Gasteiger partial charge in [0.15, 0.2) is 0 Å². The van der Waals surface area contributed by atoms with Crippen molar-refractivity contribution in [1.29, 1.82) is 0 Å². The fourth-order valence-electron chi connectivity index (χ4n) is 2.30. The van der Waals surface area contributed by atoms with Crippen LogP contribution < -0.4 is 10.0 Å². The second kappa shape index (κ2) is 5.16. The molecule has 2 aromatic rings. The molecule has 7 heteroatoms. The van der Waals surface area contributed by atoms with E-state index < -0.39 is 10.0 Å². The summed E-state index contributed by atoms with van der Waals surface area (Å²) in [7, 11) is -3.56. The Morgan fingerprint density at radius 3 is 2.90 bits per heavy atom. The number of fused-ring (bicyclic) bond motifs is 1. The number of aromatic nitrogens is 1. The average Bonchev–Trinajstić information content (AvgIpc) is 3.03. The van der Waals surface area contributed by atoms with Crippen LogP contribution in [0.5, 0.6) is 0 Å². The van der Waals surface area contributed by atoms with E-state index in [2.05, 4.69) is 15.0 Å². The van der Waals surface area contributed by atoms with Crippen molar-refractivity contribution < 1.29 is 12.8 Å². The van der Waals surface area contributed by atoms with Gasteiger partial charge in [-0.05, 0) is 44.0 Å². The van der Waals surface area contributed by atoms with Gasteiger partial charge in [0.2, 0.25) is 15.9 Å². The van der Waals surface area contributed by atoms with Crippen molar-refractivity contribution in [3.8, 4) is 0 Å². The SMILES string of the molecule is Cc1nc(CNS(=O)(=O)c2ccc3c(c2)CCN3)oc1C. The Hall–Kier alpha value is -1.86. The third kappa shape index (κ3) is 2.79. The highest BCUT2D eigenvalue weighted by atomic mass is 32.2. The van der Waals surface area contributed by atoms with Gasteiger partial charge in [-0.25, -0.2) is 18.1 Å². The second-order valence-corrected chi connectivity index (χ2v) is 6.84. The Morgan fingerprint density at radius 2 is 2.19 bits per heavy atom. The fraction of sp³-hybridized carbons (Fsp3) is 0.357. The number of nitrogens with one attached hydrogen (secondary N) is 2. The van der Waals surface area contributed by atoms with Gasteiger partial charge < -0.3 is 9.73 Å². The van der Waals surface area contributed by atoms with Gasteiger partial charge in [-0.2, -0.15) is 0 Å². The molecule has 0 amide bonds. The number of nitrogens with zero attached hydrogens (tertiary/aromatic N) is 1. The van der Waals surface area contributed by atoms with Crippen LogP contribution in [0.1, 0.15) is 22.9 Å². The van der Waals surface area contributed by atoms with Crippen molar-refractivity contribution >= 4 is 15.7 Å². The molecule has 0 spiro atoms. The van der Waals surface area contributed by atoms with Crippen LogP contribution in [0.4, 0.5) is 5.69 Å². The summed E-state index contributed by atoms with van der Waals surface area (Å²) in [5.41, 5.74) is 2.81. The number of sulfonamides is 1. The molecule has 1 aliphatic rings. The smallest absolute Gasteiger partial charge is 0.241 e. The van der Waals surface area contributed by atoms with E-state index in [-0.39, 0.29) is 11.4 Å². The van der Waals surface area contributed by atoms with Gasteiger partial charge in [-0.3, -0.25) is 0 Å².